The zero-order chi connectivity index (χ0) is 12.3. The van der Waals surface area contributed by atoms with Gasteiger partial charge in [-0.1, -0.05) is 5.21 Å². The van der Waals surface area contributed by atoms with Crippen LogP contribution in [0.5, 0.6) is 0 Å². The van der Waals surface area contributed by atoms with Gasteiger partial charge in [-0.25, -0.2) is 13.1 Å². The van der Waals surface area contributed by atoms with Crippen LogP contribution in [0.15, 0.2) is 5.03 Å². The molecule has 0 bridgehead atoms. The van der Waals surface area contributed by atoms with Gasteiger partial charge in [-0.3, -0.25) is 0 Å². The van der Waals surface area contributed by atoms with E-state index in [0.29, 0.717) is 19.5 Å². The molecule has 7 nitrogen and oxygen atoms in total. The van der Waals surface area contributed by atoms with Crippen LogP contribution in [0, 0.1) is 0 Å². The average molecular weight is 247 g/mol. The fraction of sp³-hybridized carbons (Fsp3) is 0.750. The third-order valence-electron chi connectivity index (χ3n) is 2.20. The fourth-order valence-corrected chi connectivity index (χ4v) is 2.13. The molecule has 0 aliphatic carbocycles. The Morgan fingerprint density at radius 2 is 2.06 bits per heavy atom. The van der Waals surface area contributed by atoms with E-state index in [-0.39, 0.29) is 10.8 Å². The summed E-state index contributed by atoms with van der Waals surface area (Å²) in [6.45, 7) is 4.12. The molecular weight excluding hydrogens is 230 g/mol. The van der Waals surface area contributed by atoms with E-state index < -0.39 is 15.1 Å². The van der Waals surface area contributed by atoms with E-state index in [1.807, 2.05) is 0 Å². The fourth-order valence-electron chi connectivity index (χ4n) is 1.14. The van der Waals surface area contributed by atoms with E-state index in [9.17, 15) is 8.42 Å². The summed E-state index contributed by atoms with van der Waals surface area (Å²) in [5, 5.41) is 6.63. The number of hydrogen-bond acceptors (Lipinski definition) is 6. The predicted molar refractivity (Wildman–Crippen MR) is 60.4 cm³/mol. The Morgan fingerprint density at radius 3 is 2.56 bits per heavy atom. The summed E-state index contributed by atoms with van der Waals surface area (Å²) < 4.78 is 25.0. The highest BCUT2D eigenvalue weighted by atomic mass is 32.2. The van der Waals surface area contributed by atoms with Crippen molar-refractivity contribution >= 4 is 15.7 Å². The standard InChI is InChI=1S/C8H17N5O2S/c1-6(2)16(14,15)8-7(10)13(12-11-8)5-3-4-9/h6H,3-5,9-10H2,1-2H3. The number of nitrogens with zero attached hydrogens (tertiary/aromatic N) is 3. The molecule has 1 rings (SSSR count). The van der Waals surface area contributed by atoms with Gasteiger partial charge in [0.15, 0.2) is 5.82 Å². The first-order valence-electron chi connectivity index (χ1n) is 5.04. The molecule has 0 amide bonds. The molecule has 8 heteroatoms. The van der Waals surface area contributed by atoms with Crippen LogP contribution in [-0.2, 0) is 16.4 Å². The van der Waals surface area contributed by atoms with Gasteiger partial charge in [0.2, 0.25) is 14.9 Å². The van der Waals surface area contributed by atoms with Gasteiger partial charge in [0.1, 0.15) is 0 Å². The molecule has 0 aromatic carbocycles. The van der Waals surface area contributed by atoms with E-state index in [1.165, 1.54) is 4.68 Å². The second-order valence-corrected chi connectivity index (χ2v) is 6.16. The van der Waals surface area contributed by atoms with Gasteiger partial charge in [-0.15, -0.1) is 5.10 Å². The van der Waals surface area contributed by atoms with Crippen molar-refractivity contribution in [3.63, 3.8) is 0 Å². The van der Waals surface area contributed by atoms with Gasteiger partial charge >= 0.3 is 0 Å². The molecule has 0 spiro atoms. The molecule has 0 radical (unpaired) electrons. The summed E-state index contributed by atoms with van der Waals surface area (Å²) in [5.41, 5.74) is 11.0. The minimum absolute atomic E-state index is 0.0853. The molecule has 0 aliphatic rings. The Labute approximate surface area is 94.7 Å². The average Bonchev–Trinajstić information content (AvgIpc) is 2.57. The highest BCUT2D eigenvalue weighted by Crippen LogP contribution is 2.19. The molecule has 0 saturated heterocycles. The molecule has 16 heavy (non-hydrogen) atoms. The molecule has 92 valence electrons. The minimum atomic E-state index is -3.46. The lowest BCUT2D eigenvalue weighted by atomic mass is 10.4. The lowest BCUT2D eigenvalue weighted by Gasteiger charge is -2.05. The Bertz CT molecular complexity index is 451. The van der Waals surface area contributed by atoms with E-state index in [4.69, 9.17) is 11.5 Å². The van der Waals surface area contributed by atoms with Gasteiger partial charge in [-0.2, -0.15) is 0 Å². The van der Waals surface area contributed by atoms with Gasteiger partial charge in [0.05, 0.1) is 5.25 Å². The van der Waals surface area contributed by atoms with Gasteiger partial charge in [-0.05, 0) is 26.8 Å². The maximum Gasteiger partial charge on any atom is 0.221 e. The monoisotopic (exact) mass is 247 g/mol. The molecule has 0 unspecified atom stereocenters. The van der Waals surface area contributed by atoms with Crippen molar-refractivity contribution in [1.29, 1.82) is 0 Å². The number of aryl methyl sites for hydroxylation is 1. The molecule has 1 aromatic rings. The maximum atomic E-state index is 11.8. The van der Waals surface area contributed by atoms with Crippen molar-refractivity contribution in [3.8, 4) is 0 Å². The zero-order valence-electron chi connectivity index (χ0n) is 9.42. The predicted octanol–water partition coefficient (Wildman–Crippen LogP) is -0.609. The SMILES string of the molecule is CC(C)S(=O)(=O)c1nnn(CCCN)c1N. The largest absolute Gasteiger partial charge is 0.381 e. The van der Waals surface area contributed by atoms with Crippen molar-refractivity contribution in [3.05, 3.63) is 0 Å². The summed E-state index contributed by atoms with van der Waals surface area (Å²) >= 11 is 0. The number of aromatic nitrogens is 3. The van der Waals surface area contributed by atoms with Crippen molar-refractivity contribution in [2.45, 2.75) is 37.1 Å². The second-order valence-electron chi connectivity index (χ2n) is 3.74. The molecule has 0 saturated carbocycles. The van der Waals surface area contributed by atoms with Crippen LogP contribution in [0.3, 0.4) is 0 Å². The Kier molecular flexibility index (Phi) is 3.87. The van der Waals surface area contributed by atoms with Crippen LogP contribution in [0.4, 0.5) is 5.82 Å². The smallest absolute Gasteiger partial charge is 0.221 e. The van der Waals surface area contributed by atoms with Crippen LogP contribution in [-0.4, -0.2) is 35.2 Å². The first kappa shape index (κ1) is 12.9. The highest BCUT2D eigenvalue weighted by molar-refractivity contribution is 7.92. The molecular formula is C8H17N5O2S. The third-order valence-corrected chi connectivity index (χ3v) is 4.28. The Hall–Kier alpha value is -1.15. The van der Waals surface area contributed by atoms with E-state index in [2.05, 4.69) is 10.3 Å². The van der Waals surface area contributed by atoms with Crippen molar-refractivity contribution in [2.24, 2.45) is 5.73 Å². The molecule has 0 fully saturated rings. The van der Waals surface area contributed by atoms with Gasteiger partial charge in [0.25, 0.3) is 0 Å². The summed E-state index contributed by atoms with van der Waals surface area (Å²) in [5.74, 6) is 0.0853. The lowest BCUT2D eigenvalue weighted by molar-refractivity contribution is 0.569. The minimum Gasteiger partial charge on any atom is -0.381 e. The third kappa shape index (κ3) is 2.33. The molecule has 0 atom stereocenters. The van der Waals surface area contributed by atoms with Crippen LogP contribution < -0.4 is 11.5 Å². The summed E-state index contributed by atoms with van der Waals surface area (Å²) in [6.07, 6.45) is 0.675. The van der Waals surface area contributed by atoms with E-state index in [0.717, 1.165) is 0 Å². The molecule has 1 heterocycles. The normalized spacial score (nSPS) is 12.2. The second kappa shape index (κ2) is 4.79. The summed E-state index contributed by atoms with van der Waals surface area (Å²) in [7, 11) is -3.46. The maximum absolute atomic E-state index is 11.8. The molecule has 0 aliphatic heterocycles. The van der Waals surface area contributed by atoms with Crippen molar-refractivity contribution in [1.82, 2.24) is 15.0 Å². The molecule has 1 aromatic heterocycles. The van der Waals surface area contributed by atoms with E-state index >= 15 is 0 Å². The van der Waals surface area contributed by atoms with E-state index in [1.54, 1.807) is 13.8 Å². The number of sulfone groups is 1. The van der Waals surface area contributed by atoms with Crippen LogP contribution >= 0.6 is 0 Å². The van der Waals surface area contributed by atoms with Crippen LogP contribution in [0.1, 0.15) is 20.3 Å². The topological polar surface area (TPSA) is 117 Å². The summed E-state index contributed by atoms with van der Waals surface area (Å²) in [6, 6.07) is 0. The number of nitrogen functional groups attached to an aromatic ring is 1. The number of nitrogens with two attached hydrogens (primary N) is 2. The Morgan fingerprint density at radius 1 is 1.44 bits per heavy atom. The van der Waals surface area contributed by atoms with Crippen LogP contribution in [0.2, 0.25) is 0 Å². The van der Waals surface area contributed by atoms with Crippen molar-refractivity contribution < 1.29 is 8.42 Å². The number of anilines is 1. The number of hydrogen-bond donors (Lipinski definition) is 2. The summed E-state index contributed by atoms with van der Waals surface area (Å²) in [4.78, 5) is 0. The van der Waals surface area contributed by atoms with Crippen molar-refractivity contribution in [2.75, 3.05) is 12.3 Å². The highest BCUT2D eigenvalue weighted by Gasteiger charge is 2.26. The Balaban J connectivity index is 3.05. The first-order valence-corrected chi connectivity index (χ1v) is 6.58. The zero-order valence-corrected chi connectivity index (χ0v) is 10.2. The van der Waals surface area contributed by atoms with Crippen LogP contribution in [0.25, 0.3) is 0 Å². The van der Waals surface area contributed by atoms with Gasteiger partial charge in [0, 0.05) is 6.54 Å². The van der Waals surface area contributed by atoms with Gasteiger partial charge < -0.3 is 11.5 Å². The number of rotatable bonds is 5. The first-order chi connectivity index (χ1) is 7.41. The lowest BCUT2D eigenvalue weighted by Crippen LogP contribution is -2.17. The quantitative estimate of drug-likeness (QED) is 0.717. The molecule has 4 N–H and O–H groups in total.